The number of rotatable bonds is 0. The Bertz CT molecular complexity index is 74.1. The van der Waals surface area contributed by atoms with Gasteiger partial charge in [-0.2, -0.15) is 0 Å². The Kier molecular flexibility index (Phi) is 11.6. The van der Waals surface area contributed by atoms with E-state index in [1.165, 1.54) is 6.01 Å². The minimum absolute atomic E-state index is 0.333. The molecule has 0 saturated heterocycles. The Morgan fingerprint density at radius 2 is 1.29 bits per heavy atom. The minimum Gasteiger partial charge on any atom is -0.370 e. The van der Waals surface area contributed by atoms with Crippen molar-refractivity contribution >= 4 is 12.0 Å². The van der Waals surface area contributed by atoms with Crippen LogP contribution in [-0.2, 0) is 0 Å². The highest BCUT2D eigenvalue weighted by Crippen LogP contribution is 1.13. The molecule has 0 radical (unpaired) electrons. The fraction of sp³-hybridized carbons (Fsp3) is 0. The first-order valence-corrected chi connectivity index (χ1v) is 1.33. The van der Waals surface area contributed by atoms with Crippen LogP contribution in [0.5, 0.6) is 0 Å². The van der Waals surface area contributed by atoms with Crippen LogP contribution in [0.25, 0.3) is 0 Å². The first-order chi connectivity index (χ1) is 3.15. The Hall–Kier alpha value is -1.35. The van der Waals surface area contributed by atoms with Gasteiger partial charge in [0.05, 0.1) is 6.01 Å². The van der Waals surface area contributed by atoms with Crippen molar-refractivity contribution in [3.63, 3.8) is 0 Å². The van der Waals surface area contributed by atoms with E-state index in [1.54, 1.807) is 0 Å². The third kappa shape index (κ3) is 17.9. The Morgan fingerprint density at radius 3 is 1.29 bits per heavy atom. The predicted octanol–water partition coefficient (Wildman–Crippen LogP) is -0.844. The van der Waals surface area contributed by atoms with Crippen molar-refractivity contribution < 1.29 is 0 Å². The van der Waals surface area contributed by atoms with Crippen molar-refractivity contribution in [2.75, 3.05) is 0 Å². The summed E-state index contributed by atoms with van der Waals surface area (Å²) in [6.07, 6.45) is 0. The zero-order valence-electron chi connectivity index (χ0n) is 3.65. The molecule has 0 aliphatic carbocycles. The quantitative estimate of drug-likeness (QED) is 0.201. The van der Waals surface area contributed by atoms with Crippen molar-refractivity contribution in [2.45, 2.75) is 0 Å². The number of nitrogens with two attached hydrogens (primary N) is 2. The molecule has 0 aromatic rings. The highest BCUT2D eigenvalue weighted by Gasteiger charge is 1.52. The maximum absolute atomic E-state index is 6.06. The number of hydrogen-bond donors (Lipinski definition) is 5. The summed E-state index contributed by atoms with van der Waals surface area (Å²) in [5.74, 6) is -0.333. The van der Waals surface area contributed by atoms with Gasteiger partial charge >= 0.3 is 0 Å². The molecular formula is C2H7N5. The lowest BCUT2D eigenvalue weighted by molar-refractivity contribution is 1.39. The van der Waals surface area contributed by atoms with Crippen LogP contribution < -0.4 is 11.5 Å². The van der Waals surface area contributed by atoms with E-state index in [0.717, 1.165) is 0 Å². The summed E-state index contributed by atoms with van der Waals surface area (Å²) in [6.45, 7) is 0. The number of nitrogens with one attached hydrogen (secondary N) is 3. The van der Waals surface area contributed by atoms with Crippen LogP contribution in [0.1, 0.15) is 0 Å². The van der Waals surface area contributed by atoms with E-state index in [-0.39, 0.29) is 5.96 Å². The zero-order valence-corrected chi connectivity index (χ0v) is 3.65. The van der Waals surface area contributed by atoms with Crippen LogP contribution in [0.15, 0.2) is 0 Å². The average Bonchev–Trinajstić information content (AvgIpc) is 1.33. The molecule has 0 aliphatic rings. The van der Waals surface area contributed by atoms with E-state index < -0.39 is 0 Å². The maximum Gasteiger partial charge on any atom is 0.183 e. The molecule has 0 aromatic heterocycles. The molecule has 0 heterocycles. The van der Waals surface area contributed by atoms with Crippen molar-refractivity contribution in [1.82, 2.24) is 0 Å². The second kappa shape index (κ2) is 8.82. The maximum atomic E-state index is 6.06. The van der Waals surface area contributed by atoms with Crippen molar-refractivity contribution in [3.05, 3.63) is 0 Å². The van der Waals surface area contributed by atoms with Crippen molar-refractivity contribution in [1.29, 1.82) is 16.2 Å². The molecule has 0 bridgehead atoms. The lowest BCUT2D eigenvalue weighted by Crippen LogP contribution is -2.20. The molecule has 0 aromatic carbocycles. The molecule has 7 N–H and O–H groups in total. The van der Waals surface area contributed by atoms with Crippen LogP contribution in [-0.4, -0.2) is 12.0 Å². The van der Waals surface area contributed by atoms with E-state index >= 15 is 0 Å². The highest BCUT2D eigenvalue weighted by atomic mass is 14.9. The van der Waals surface area contributed by atoms with Crippen molar-refractivity contribution in [2.24, 2.45) is 11.5 Å². The molecule has 0 atom stereocenters. The van der Waals surface area contributed by atoms with E-state index in [4.69, 9.17) is 16.2 Å². The first-order valence-electron chi connectivity index (χ1n) is 1.33. The molecule has 0 unspecified atom stereocenters. The van der Waals surface area contributed by atoms with Gasteiger partial charge in [0.25, 0.3) is 0 Å². The fourth-order valence-electron chi connectivity index (χ4n) is 0. The van der Waals surface area contributed by atoms with E-state index in [0.29, 0.717) is 0 Å². The van der Waals surface area contributed by atoms with E-state index in [9.17, 15) is 0 Å². The number of hydrogen-bond acceptors (Lipinski definition) is 3. The second-order valence-corrected chi connectivity index (χ2v) is 0.580. The number of guanidine groups is 1. The average molecular weight is 101 g/mol. The third-order valence-electron chi connectivity index (χ3n) is 0. The van der Waals surface area contributed by atoms with Gasteiger partial charge in [-0.15, -0.1) is 0 Å². The van der Waals surface area contributed by atoms with Crippen molar-refractivity contribution in [3.8, 4) is 0 Å². The molecule has 0 rings (SSSR count). The summed E-state index contributed by atoms with van der Waals surface area (Å²) in [5, 5.41) is 17.3. The van der Waals surface area contributed by atoms with Gasteiger partial charge in [0.1, 0.15) is 0 Å². The van der Waals surface area contributed by atoms with E-state index in [1.807, 2.05) is 0 Å². The summed E-state index contributed by atoms with van der Waals surface area (Å²) in [5.41, 5.74) is 8.94. The SMILES string of the molecule is N=C(N)N.N=C=N. The van der Waals surface area contributed by atoms with Gasteiger partial charge in [-0.25, -0.2) is 10.8 Å². The molecule has 40 valence electrons. The van der Waals surface area contributed by atoms with E-state index in [2.05, 4.69) is 11.5 Å². The van der Waals surface area contributed by atoms with Gasteiger partial charge in [-0.1, -0.05) is 0 Å². The van der Waals surface area contributed by atoms with Crippen LogP contribution in [0.2, 0.25) is 0 Å². The van der Waals surface area contributed by atoms with Crippen LogP contribution in [0.4, 0.5) is 0 Å². The van der Waals surface area contributed by atoms with Gasteiger partial charge in [-0.05, 0) is 0 Å². The predicted molar refractivity (Wildman–Crippen MR) is 26.5 cm³/mol. The lowest BCUT2D eigenvalue weighted by atomic mass is 11.1. The van der Waals surface area contributed by atoms with Crippen LogP contribution >= 0.6 is 0 Å². The first kappa shape index (κ1) is 9.17. The van der Waals surface area contributed by atoms with Crippen LogP contribution in [0.3, 0.4) is 0 Å². The zero-order chi connectivity index (χ0) is 6.28. The van der Waals surface area contributed by atoms with Gasteiger partial charge in [0.2, 0.25) is 0 Å². The summed E-state index contributed by atoms with van der Waals surface area (Å²) < 4.78 is 0. The minimum atomic E-state index is -0.333. The smallest absolute Gasteiger partial charge is 0.183 e. The van der Waals surface area contributed by atoms with Gasteiger partial charge in [-0.3, -0.25) is 5.41 Å². The molecule has 0 amide bonds. The molecule has 0 saturated carbocycles. The summed E-state index contributed by atoms with van der Waals surface area (Å²) in [4.78, 5) is 0. The molecular weight excluding hydrogens is 94.1 g/mol. The monoisotopic (exact) mass is 101 g/mol. The Balaban J connectivity index is 0. The summed E-state index contributed by atoms with van der Waals surface area (Å²) in [6, 6.07) is 1.25. The largest absolute Gasteiger partial charge is 0.370 e. The van der Waals surface area contributed by atoms with Crippen LogP contribution in [0, 0.1) is 16.2 Å². The Labute approximate surface area is 40.8 Å². The topological polar surface area (TPSA) is 124 Å². The lowest BCUT2D eigenvalue weighted by Gasteiger charge is -1.69. The fourth-order valence-corrected chi connectivity index (χ4v) is 0. The molecule has 5 nitrogen and oxygen atoms in total. The van der Waals surface area contributed by atoms with Gasteiger partial charge in [0.15, 0.2) is 5.96 Å². The molecule has 0 aliphatic heterocycles. The second-order valence-electron chi connectivity index (χ2n) is 0.580. The standard InChI is InChI=1S/CH5N3.CH2N2/c2-1(3)4;2-1-3/h(H5,2,3,4);2-3H. The summed E-state index contributed by atoms with van der Waals surface area (Å²) >= 11 is 0. The van der Waals surface area contributed by atoms with Gasteiger partial charge in [0, 0.05) is 0 Å². The van der Waals surface area contributed by atoms with Gasteiger partial charge < -0.3 is 11.5 Å². The highest BCUT2D eigenvalue weighted by molar-refractivity contribution is 5.71. The molecule has 0 spiro atoms. The molecule has 7 heavy (non-hydrogen) atoms. The Morgan fingerprint density at radius 1 is 1.29 bits per heavy atom. The third-order valence-corrected chi connectivity index (χ3v) is 0. The summed E-state index contributed by atoms with van der Waals surface area (Å²) in [7, 11) is 0. The normalized spacial score (nSPS) is 4.57. The molecule has 5 heteroatoms. The molecule has 0 fully saturated rings.